The topological polar surface area (TPSA) is 68.2 Å². The molecule has 2 aromatic carbocycles. The number of aliphatic hydroxyl groups is 2. The highest BCUT2D eigenvalue weighted by atomic mass is 35.5. The molecular weight excluding hydrogens is 388 g/mol. The van der Waals surface area contributed by atoms with Crippen LogP contribution in [0.25, 0.3) is 0 Å². The summed E-state index contributed by atoms with van der Waals surface area (Å²) in [6.45, 7) is 2.29. The number of aliphatic hydroxyl groups excluding tert-OH is 2. The molecular formula is C20H21ClO5S. The molecule has 27 heavy (non-hydrogen) atoms. The summed E-state index contributed by atoms with van der Waals surface area (Å²) in [5.41, 5.74) is 1.37. The Bertz CT molecular complexity index is 767. The molecule has 0 aromatic heterocycles. The molecule has 2 saturated heterocycles. The lowest BCUT2D eigenvalue weighted by atomic mass is 9.99. The molecule has 2 aliphatic rings. The van der Waals surface area contributed by atoms with Gasteiger partial charge in [-0.3, -0.25) is 0 Å². The molecule has 2 fully saturated rings. The Morgan fingerprint density at radius 3 is 2.37 bits per heavy atom. The predicted molar refractivity (Wildman–Crippen MR) is 103 cm³/mol. The van der Waals surface area contributed by atoms with E-state index in [0.717, 1.165) is 16.0 Å². The van der Waals surface area contributed by atoms with Crippen molar-refractivity contribution in [1.82, 2.24) is 0 Å². The molecule has 0 saturated carbocycles. The van der Waals surface area contributed by atoms with Crippen molar-refractivity contribution in [3.05, 3.63) is 64.7 Å². The van der Waals surface area contributed by atoms with E-state index in [9.17, 15) is 10.2 Å². The van der Waals surface area contributed by atoms with E-state index in [1.807, 2.05) is 43.3 Å². The summed E-state index contributed by atoms with van der Waals surface area (Å²) in [7, 11) is 0. The third kappa shape index (κ3) is 4.17. The smallest absolute Gasteiger partial charge is 0.184 e. The van der Waals surface area contributed by atoms with Crippen LogP contribution < -0.4 is 0 Å². The fourth-order valence-corrected chi connectivity index (χ4v) is 4.40. The molecule has 2 aliphatic heterocycles. The molecule has 7 heteroatoms. The van der Waals surface area contributed by atoms with Crippen molar-refractivity contribution < 1.29 is 24.4 Å². The first kappa shape index (κ1) is 19.2. The Morgan fingerprint density at radius 2 is 1.67 bits per heavy atom. The molecule has 2 N–H and O–H groups in total. The SMILES string of the molecule is Cc1ccc(S[C@@H]2O[C@@H]3CO[C@@H](c4ccc(Cl)cc4)O[C@H]3[C@H](O)[C@H]2O)cc1. The fraction of sp³-hybridized carbons (Fsp3) is 0.400. The zero-order valence-electron chi connectivity index (χ0n) is 14.7. The molecule has 5 nitrogen and oxygen atoms in total. The van der Waals surface area contributed by atoms with Gasteiger partial charge in [0, 0.05) is 15.5 Å². The van der Waals surface area contributed by atoms with Crippen molar-refractivity contribution in [3.8, 4) is 0 Å². The van der Waals surface area contributed by atoms with Crippen molar-refractivity contribution in [2.45, 2.75) is 48.0 Å². The van der Waals surface area contributed by atoms with Gasteiger partial charge in [-0.1, -0.05) is 53.2 Å². The van der Waals surface area contributed by atoms with Crippen LogP contribution in [0, 0.1) is 6.92 Å². The predicted octanol–water partition coefficient (Wildman–Crippen LogP) is 3.30. The highest BCUT2D eigenvalue weighted by molar-refractivity contribution is 7.99. The van der Waals surface area contributed by atoms with Gasteiger partial charge < -0.3 is 24.4 Å². The zero-order valence-corrected chi connectivity index (χ0v) is 16.3. The molecule has 0 spiro atoms. The van der Waals surface area contributed by atoms with E-state index in [4.69, 9.17) is 25.8 Å². The van der Waals surface area contributed by atoms with Crippen LogP contribution in [-0.4, -0.2) is 46.7 Å². The lowest BCUT2D eigenvalue weighted by molar-refractivity contribution is -0.318. The third-order valence-electron chi connectivity index (χ3n) is 4.75. The second-order valence-corrected chi connectivity index (χ2v) is 8.38. The quantitative estimate of drug-likeness (QED) is 0.812. The van der Waals surface area contributed by atoms with Crippen molar-refractivity contribution >= 4 is 23.4 Å². The third-order valence-corrected chi connectivity index (χ3v) is 6.17. The first-order valence-corrected chi connectivity index (χ1v) is 10.0. The second kappa shape index (κ2) is 8.09. The van der Waals surface area contributed by atoms with E-state index in [2.05, 4.69) is 0 Å². The maximum Gasteiger partial charge on any atom is 0.184 e. The summed E-state index contributed by atoms with van der Waals surface area (Å²) < 4.78 is 17.7. The van der Waals surface area contributed by atoms with Gasteiger partial charge in [0.25, 0.3) is 0 Å². The Kier molecular flexibility index (Phi) is 5.75. The van der Waals surface area contributed by atoms with Gasteiger partial charge in [0.15, 0.2) is 6.29 Å². The number of rotatable bonds is 3. The Balaban J connectivity index is 1.45. The van der Waals surface area contributed by atoms with Gasteiger partial charge in [0.05, 0.1) is 6.61 Å². The van der Waals surface area contributed by atoms with Crippen molar-refractivity contribution in [2.24, 2.45) is 0 Å². The number of fused-ring (bicyclic) bond motifs is 1. The Morgan fingerprint density at radius 1 is 0.963 bits per heavy atom. The number of thioether (sulfide) groups is 1. The first-order chi connectivity index (χ1) is 13.0. The van der Waals surface area contributed by atoms with Crippen molar-refractivity contribution in [3.63, 3.8) is 0 Å². The summed E-state index contributed by atoms with van der Waals surface area (Å²) in [4.78, 5) is 0.965. The minimum absolute atomic E-state index is 0.271. The average Bonchev–Trinajstić information content (AvgIpc) is 2.68. The molecule has 6 atom stereocenters. The van der Waals surface area contributed by atoms with E-state index in [-0.39, 0.29) is 6.61 Å². The van der Waals surface area contributed by atoms with Crippen LogP contribution in [0.3, 0.4) is 0 Å². The summed E-state index contributed by atoms with van der Waals surface area (Å²) in [5.74, 6) is 0. The molecule has 0 aliphatic carbocycles. The van der Waals surface area contributed by atoms with Gasteiger partial charge in [-0.25, -0.2) is 0 Å². The first-order valence-electron chi connectivity index (χ1n) is 8.79. The monoisotopic (exact) mass is 408 g/mol. The lowest BCUT2D eigenvalue weighted by Gasteiger charge is -2.46. The molecule has 2 aromatic rings. The lowest BCUT2D eigenvalue weighted by Crippen LogP contribution is -2.60. The maximum atomic E-state index is 10.6. The minimum Gasteiger partial charge on any atom is -0.387 e. The molecule has 0 amide bonds. The summed E-state index contributed by atoms with van der Waals surface area (Å²) in [6.07, 6.45) is -3.87. The van der Waals surface area contributed by atoms with Crippen LogP contribution in [0.2, 0.25) is 5.02 Å². The van der Waals surface area contributed by atoms with Gasteiger partial charge in [-0.2, -0.15) is 0 Å². The van der Waals surface area contributed by atoms with E-state index in [1.54, 1.807) is 12.1 Å². The van der Waals surface area contributed by atoms with Crippen LogP contribution in [0.15, 0.2) is 53.4 Å². The van der Waals surface area contributed by atoms with Crippen LogP contribution >= 0.6 is 23.4 Å². The van der Waals surface area contributed by atoms with Crippen LogP contribution in [0.4, 0.5) is 0 Å². The van der Waals surface area contributed by atoms with Gasteiger partial charge in [0.2, 0.25) is 0 Å². The Hall–Kier alpha value is -1.12. The molecule has 144 valence electrons. The molecule has 0 radical (unpaired) electrons. The summed E-state index contributed by atoms with van der Waals surface area (Å²) in [6, 6.07) is 15.1. The van der Waals surface area contributed by atoms with Gasteiger partial charge in [0.1, 0.15) is 29.9 Å². The maximum absolute atomic E-state index is 10.6. The summed E-state index contributed by atoms with van der Waals surface area (Å²) >= 11 is 7.30. The van der Waals surface area contributed by atoms with Crippen LogP contribution in [-0.2, 0) is 14.2 Å². The van der Waals surface area contributed by atoms with Crippen molar-refractivity contribution in [2.75, 3.05) is 6.61 Å². The van der Waals surface area contributed by atoms with Crippen LogP contribution in [0.1, 0.15) is 17.4 Å². The highest BCUT2D eigenvalue weighted by Crippen LogP contribution is 2.39. The average molecular weight is 409 g/mol. The van der Waals surface area contributed by atoms with Gasteiger partial charge in [-0.15, -0.1) is 0 Å². The standard InChI is InChI=1S/C20H21ClO5S/c1-11-2-8-14(9-3-11)27-20-17(23)16(22)18-15(25-20)10-24-19(26-18)12-4-6-13(21)7-5-12/h2-9,15-20,22-23H,10H2,1H3/t15-,16-,17-,18-,19-,20+/m1/s1. The van der Waals surface area contributed by atoms with E-state index in [1.165, 1.54) is 11.8 Å². The second-order valence-electron chi connectivity index (χ2n) is 6.77. The van der Waals surface area contributed by atoms with Gasteiger partial charge in [-0.05, 0) is 31.2 Å². The highest BCUT2D eigenvalue weighted by Gasteiger charge is 2.49. The normalized spacial score (nSPS) is 33.5. The zero-order chi connectivity index (χ0) is 19.0. The Labute approximate surface area is 167 Å². The minimum atomic E-state index is -1.07. The van der Waals surface area contributed by atoms with E-state index in [0.29, 0.717) is 5.02 Å². The molecule has 2 heterocycles. The number of ether oxygens (including phenoxy) is 3. The number of aryl methyl sites for hydroxylation is 1. The van der Waals surface area contributed by atoms with Crippen LogP contribution in [0.5, 0.6) is 0 Å². The molecule has 4 rings (SSSR count). The van der Waals surface area contributed by atoms with E-state index < -0.39 is 36.1 Å². The largest absolute Gasteiger partial charge is 0.387 e. The van der Waals surface area contributed by atoms with Gasteiger partial charge >= 0.3 is 0 Å². The number of hydrogen-bond donors (Lipinski definition) is 2. The fourth-order valence-electron chi connectivity index (χ4n) is 3.22. The van der Waals surface area contributed by atoms with E-state index >= 15 is 0 Å². The number of halogens is 1. The molecule has 0 unspecified atom stereocenters. The number of benzene rings is 2. The van der Waals surface area contributed by atoms with Crippen molar-refractivity contribution in [1.29, 1.82) is 0 Å². The molecule has 0 bridgehead atoms. The summed E-state index contributed by atoms with van der Waals surface area (Å²) in [5, 5.41) is 21.8. The number of hydrogen-bond acceptors (Lipinski definition) is 6.